The van der Waals surface area contributed by atoms with E-state index in [0.29, 0.717) is 0 Å². The molecule has 0 aromatic heterocycles. The van der Waals surface area contributed by atoms with E-state index in [4.69, 9.17) is 4.74 Å². The number of piperazine rings is 1. The average Bonchev–Trinajstić information content (AvgIpc) is 2.58. The lowest BCUT2D eigenvalue weighted by Crippen LogP contribution is -2.45. The lowest BCUT2D eigenvalue weighted by Gasteiger charge is -2.36. The van der Waals surface area contributed by atoms with Gasteiger partial charge in [0.2, 0.25) is 0 Å². The van der Waals surface area contributed by atoms with Gasteiger partial charge in [-0.15, -0.1) is 0 Å². The van der Waals surface area contributed by atoms with Crippen LogP contribution in [0.1, 0.15) is 28.3 Å². The van der Waals surface area contributed by atoms with E-state index < -0.39 is 0 Å². The van der Waals surface area contributed by atoms with Crippen molar-refractivity contribution in [2.45, 2.75) is 19.9 Å². The van der Waals surface area contributed by atoms with E-state index in [1.54, 1.807) is 7.11 Å². The second-order valence-corrected chi connectivity index (χ2v) is 6.34. The number of nitrogens with zero attached hydrogens (tertiary/aromatic N) is 1. The Kier molecular flexibility index (Phi) is 4.99. The largest absolute Gasteiger partial charge is 0.496 e. The summed E-state index contributed by atoms with van der Waals surface area (Å²) >= 11 is 0. The second kappa shape index (κ2) is 7.16. The lowest BCUT2D eigenvalue weighted by atomic mass is 9.93. The lowest BCUT2D eigenvalue weighted by molar-refractivity contribution is 0.195. The third-order valence-electron chi connectivity index (χ3n) is 4.59. The van der Waals surface area contributed by atoms with E-state index in [0.717, 1.165) is 31.9 Å². The van der Waals surface area contributed by atoms with Crippen LogP contribution in [0, 0.1) is 13.8 Å². The number of benzene rings is 2. The van der Waals surface area contributed by atoms with E-state index in [-0.39, 0.29) is 6.04 Å². The molecule has 0 amide bonds. The highest BCUT2D eigenvalue weighted by Crippen LogP contribution is 2.35. The Morgan fingerprint density at radius 2 is 1.61 bits per heavy atom. The molecule has 23 heavy (non-hydrogen) atoms. The summed E-state index contributed by atoms with van der Waals surface area (Å²) in [7, 11) is 1.76. The minimum absolute atomic E-state index is 0.243. The third-order valence-corrected chi connectivity index (χ3v) is 4.59. The van der Waals surface area contributed by atoms with Crippen LogP contribution in [0.3, 0.4) is 0 Å². The Labute approximate surface area is 139 Å². The molecule has 0 radical (unpaired) electrons. The molecule has 1 heterocycles. The maximum absolute atomic E-state index is 5.68. The SMILES string of the molecule is COc1ccc(C)cc1C(c1ccc(C)cc1)N1CCNCC1. The van der Waals surface area contributed by atoms with Crippen LogP contribution in [-0.4, -0.2) is 38.2 Å². The first-order chi connectivity index (χ1) is 11.2. The van der Waals surface area contributed by atoms with Crippen molar-refractivity contribution in [3.8, 4) is 5.75 Å². The Morgan fingerprint density at radius 1 is 0.957 bits per heavy atom. The molecule has 0 saturated carbocycles. The van der Waals surface area contributed by atoms with E-state index >= 15 is 0 Å². The van der Waals surface area contributed by atoms with E-state index in [1.165, 1.54) is 22.3 Å². The summed E-state index contributed by atoms with van der Waals surface area (Å²) in [6.45, 7) is 8.46. The Morgan fingerprint density at radius 3 is 2.26 bits per heavy atom. The number of rotatable bonds is 4. The highest BCUT2D eigenvalue weighted by atomic mass is 16.5. The Balaban J connectivity index is 2.07. The molecule has 3 heteroatoms. The first kappa shape index (κ1) is 16.0. The van der Waals surface area contributed by atoms with Crippen LogP contribution >= 0.6 is 0 Å². The maximum atomic E-state index is 5.68. The monoisotopic (exact) mass is 310 g/mol. The number of methoxy groups -OCH3 is 1. The highest BCUT2D eigenvalue weighted by Gasteiger charge is 2.26. The fourth-order valence-electron chi connectivity index (χ4n) is 3.34. The van der Waals surface area contributed by atoms with Gasteiger partial charge in [0.15, 0.2) is 0 Å². The van der Waals surface area contributed by atoms with Crippen LogP contribution in [0.2, 0.25) is 0 Å². The van der Waals surface area contributed by atoms with Gasteiger partial charge in [-0.25, -0.2) is 0 Å². The van der Waals surface area contributed by atoms with Crippen molar-refractivity contribution >= 4 is 0 Å². The molecule has 0 spiro atoms. The zero-order valence-electron chi connectivity index (χ0n) is 14.3. The molecule has 122 valence electrons. The van der Waals surface area contributed by atoms with Gasteiger partial charge < -0.3 is 10.1 Å². The topological polar surface area (TPSA) is 24.5 Å². The number of hydrogen-bond donors (Lipinski definition) is 1. The van der Waals surface area contributed by atoms with Crippen molar-refractivity contribution in [3.05, 3.63) is 64.7 Å². The summed E-state index contributed by atoms with van der Waals surface area (Å²) in [6.07, 6.45) is 0. The summed E-state index contributed by atoms with van der Waals surface area (Å²) in [4.78, 5) is 2.55. The molecule has 1 atom stereocenters. The summed E-state index contributed by atoms with van der Waals surface area (Å²) < 4.78 is 5.68. The van der Waals surface area contributed by atoms with Crippen LogP contribution in [0.5, 0.6) is 5.75 Å². The standard InChI is InChI=1S/C20H26N2O/c1-15-4-7-17(8-5-15)20(22-12-10-21-11-13-22)18-14-16(2)6-9-19(18)23-3/h4-9,14,20-21H,10-13H2,1-3H3. The quantitative estimate of drug-likeness (QED) is 0.938. The minimum Gasteiger partial charge on any atom is -0.496 e. The first-order valence-electron chi connectivity index (χ1n) is 8.35. The molecule has 1 saturated heterocycles. The van der Waals surface area contributed by atoms with Crippen molar-refractivity contribution in [2.75, 3.05) is 33.3 Å². The smallest absolute Gasteiger partial charge is 0.124 e. The van der Waals surface area contributed by atoms with Crippen LogP contribution in [0.15, 0.2) is 42.5 Å². The minimum atomic E-state index is 0.243. The van der Waals surface area contributed by atoms with Crippen LogP contribution in [0.25, 0.3) is 0 Å². The summed E-state index contributed by atoms with van der Waals surface area (Å²) in [5.41, 5.74) is 5.16. The first-order valence-corrected chi connectivity index (χ1v) is 8.35. The molecule has 2 aromatic carbocycles. The number of ether oxygens (including phenoxy) is 1. The van der Waals surface area contributed by atoms with Gasteiger partial charge in [-0.2, -0.15) is 0 Å². The average molecular weight is 310 g/mol. The third kappa shape index (κ3) is 3.57. The Bertz CT molecular complexity index is 645. The Hall–Kier alpha value is -1.84. The van der Waals surface area contributed by atoms with Gasteiger partial charge in [0.25, 0.3) is 0 Å². The molecule has 1 N–H and O–H groups in total. The van der Waals surface area contributed by atoms with Gasteiger partial charge in [0, 0.05) is 31.7 Å². The molecular formula is C20H26N2O. The molecule has 1 aliphatic heterocycles. The predicted molar refractivity (Wildman–Crippen MR) is 95.2 cm³/mol. The molecule has 3 rings (SSSR count). The zero-order valence-corrected chi connectivity index (χ0v) is 14.3. The van der Waals surface area contributed by atoms with Crippen molar-refractivity contribution in [1.82, 2.24) is 10.2 Å². The van der Waals surface area contributed by atoms with E-state index in [9.17, 15) is 0 Å². The van der Waals surface area contributed by atoms with Crippen LogP contribution < -0.4 is 10.1 Å². The zero-order chi connectivity index (χ0) is 16.2. The van der Waals surface area contributed by atoms with Gasteiger partial charge in [-0.05, 0) is 25.5 Å². The van der Waals surface area contributed by atoms with Crippen molar-refractivity contribution in [2.24, 2.45) is 0 Å². The molecule has 3 nitrogen and oxygen atoms in total. The summed E-state index contributed by atoms with van der Waals surface area (Å²) in [5.74, 6) is 0.972. The van der Waals surface area contributed by atoms with Gasteiger partial charge >= 0.3 is 0 Å². The molecule has 1 fully saturated rings. The maximum Gasteiger partial charge on any atom is 0.124 e. The fourth-order valence-corrected chi connectivity index (χ4v) is 3.34. The normalized spacial score (nSPS) is 17.0. The molecular weight excluding hydrogens is 284 g/mol. The van der Waals surface area contributed by atoms with Crippen LogP contribution in [-0.2, 0) is 0 Å². The molecule has 1 aliphatic rings. The van der Waals surface area contributed by atoms with Gasteiger partial charge in [-0.1, -0.05) is 47.5 Å². The second-order valence-electron chi connectivity index (χ2n) is 6.34. The molecule has 0 aliphatic carbocycles. The number of nitrogens with one attached hydrogen (secondary N) is 1. The molecule has 0 bridgehead atoms. The summed E-state index contributed by atoms with van der Waals surface area (Å²) in [6, 6.07) is 15.6. The van der Waals surface area contributed by atoms with Crippen LogP contribution in [0.4, 0.5) is 0 Å². The molecule has 1 unspecified atom stereocenters. The highest BCUT2D eigenvalue weighted by molar-refractivity contribution is 5.44. The number of aryl methyl sites for hydroxylation is 2. The van der Waals surface area contributed by atoms with Crippen molar-refractivity contribution < 1.29 is 4.74 Å². The van der Waals surface area contributed by atoms with Gasteiger partial charge in [-0.3, -0.25) is 4.90 Å². The van der Waals surface area contributed by atoms with Crippen molar-refractivity contribution in [3.63, 3.8) is 0 Å². The van der Waals surface area contributed by atoms with E-state index in [1.807, 2.05) is 0 Å². The van der Waals surface area contributed by atoms with E-state index in [2.05, 4.69) is 66.5 Å². The predicted octanol–water partition coefficient (Wildman–Crippen LogP) is 3.31. The van der Waals surface area contributed by atoms with Crippen molar-refractivity contribution in [1.29, 1.82) is 0 Å². The number of hydrogen-bond acceptors (Lipinski definition) is 3. The fraction of sp³-hybridized carbons (Fsp3) is 0.400. The van der Waals surface area contributed by atoms with Gasteiger partial charge in [0.1, 0.15) is 5.75 Å². The molecule has 2 aromatic rings. The summed E-state index contributed by atoms with van der Waals surface area (Å²) in [5, 5.41) is 3.45. The van der Waals surface area contributed by atoms with Gasteiger partial charge in [0.05, 0.1) is 13.2 Å².